The minimum Gasteiger partial charge on any atom is -0.267 e. The van der Waals surface area contributed by atoms with Gasteiger partial charge in [0.25, 0.3) is 5.91 Å². The second-order valence-electron chi connectivity index (χ2n) is 5.59. The van der Waals surface area contributed by atoms with Crippen molar-refractivity contribution < 1.29 is 4.79 Å². The van der Waals surface area contributed by atoms with Crippen molar-refractivity contribution in [2.75, 3.05) is 5.43 Å². The molecule has 2 N–H and O–H groups in total. The van der Waals surface area contributed by atoms with Gasteiger partial charge in [0.15, 0.2) is 0 Å². The summed E-state index contributed by atoms with van der Waals surface area (Å²) in [5.41, 5.74) is 8.35. The average molecular weight is 341 g/mol. The third-order valence-corrected chi connectivity index (χ3v) is 3.88. The van der Waals surface area contributed by atoms with Crippen LogP contribution in [0.5, 0.6) is 0 Å². The lowest BCUT2D eigenvalue weighted by Crippen LogP contribution is -2.30. The van der Waals surface area contributed by atoms with Crippen molar-refractivity contribution in [3.8, 4) is 11.3 Å². The van der Waals surface area contributed by atoms with Gasteiger partial charge in [0.05, 0.1) is 16.8 Å². The summed E-state index contributed by atoms with van der Waals surface area (Å²) in [5, 5.41) is 0.778. The molecular formula is C20H15N5O. The number of aromatic nitrogens is 3. The number of amides is 1. The molecule has 0 saturated heterocycles. The van der Waals surface area contributed by atoms with Crippen LogP contribution in [0.3, 0.4) is 0 Å². The zero-order chi connectivity index (χ0) is 17.8. The Morgan fingerprint density at radius 3 is 2.38 bits per heavy atom. The van der Waals surface area contributed by atoms with Crippen LogP contribution in [0.2, 0.25) is 0 Å². The molecule has 0 fully saturated rings. The summed E-state index contributed by atoms with van der Waals surface area (Å²) in [7, 11) is 0. The van der Waals surface area contributed by atoms with E-state index in [0.29, 0.717) is 11.5 Å². The molecule has 4 aromatic rings. The summed E-state index contributed by atoms with van der Waals surface area (Å²) in [6, 6.07) is 20.8. The summed E-state index contributed by atoms with van der Waals surface area (Å²) in [4.78, 5) is 25.5. The van der Waals surface area contributed by atoms with Gasteiger partial charge in [-0.15, -0.1) is 0 Å². The number of hydrazine groups is 1. The Hall–Kier alpha value is -3.80. The lowest BCUT2D eigenvalue weighted by atomic mass is 10.0. The lowest BCUT2D eigenvalue weighted by Gasteiger charge is -2.11. The number of hydrogen-bond acceptors (Lipinski definition) is 5. The fraction of sp³-hybridized carbons (Fsp3) is 0. The molecule has 26 heavy (non-hydrogen) atoms. The molecule has 0 atom stereocenters. The van der Waals surface area contributed by atoms with E-state index in [1.165, 1.54) is 0 Å². The van der Waals surface area contributed by atoms with Crippen LogP contribution in [0.15, 0.2) is 79.1 Å². The number of rotatable bonds is 4. The molecule has 0 aliphatic rings. The molecule has 6 nitrogen and oxygen atoms in total. The fourth-order valence-electron chi connectivity index (χ4n) is 2.66. The molecule has 0 unspecified atom stereocenters. The van der Waals surface area contributed by atoms with Crippen LogP contribution >= 0.6 is 0 Å². The van der Waals surface area contributed by atoms with Gasteiger partial charge in [-0.25, -0.2) is 15.0 Å². The molecule has 0 spiro atoms. The van der Waals surface area contributed by atoms with E-state index < -0.39 is 0 Å². The summed E-state index contributed by atoms with van der Waals surface area (Å²) in [6.07, 6.45) is 3.19. The number of pyridine rings is 1. The largest absolute Gasteiger partial charge is 0.270 e. The second-order valence-corrected chi connectivity index (χ2v) is 5.59. The van der Waals surface area contributed by atoms with Gasteiger partial charge in [0.2, 0.25) is 5.95 Å². The van der Waals surface area contributed by atoms with E-state index in [2.05, 4.69) is 25.8 Å². The monoisotopic (exact) mass is 341 g/mol. The summed E-state index contributed by atoms with van der Waals surface area (Å²) in [5.74, 6) is 0.0377. The number of para-hydroxylation sites is 1. The number of fused-ring (bicyclic) bond motifs is 1. The Labute approximate surface area is 149 Å². The van der Waals surface area contributed by atoms with Crippen LogP contribution in [0.4, 0.5) is 5.95 Å². The van der Waals surface area contributed by atoms with Crippen molar-refractivity contribution in [1.29, 1.82) is 0 Å². The number of nitrogens with zero attached hydrogens (tertiary/aromatic N) is 3. The van der Waals surface area contributed by atoms with E-state index in [0.717, 1.165) is 22.2 Å². The molecule has 0 aliphatic heterocycles. The van der Waals surface area contributed by atoms with Crippen LogP contribution < -0.4 is 10.9 Å². The quantitative estimate of drug-likeness (QED) is 0.556. The van der Waals surface area contributed by atoms with Crippen LogP contribution in [-0.4, -0.2) is 20.9 Å². The Morgan fingerprint density at radius 1 is 0.846 bits per heavy atom. The van der Waals surface area contributed by atoms with Crippen molar-refractivity contribution in [3.63, 3.8) is 0 Å². The fourth-order valence-corrected chi connectivity index (χ4v) is 2.66. The van der Waals surface area contributed by atoms with E-state index in [4.69, 9.17) is 0 Å². The first kappa shape index (κ1) is 15.7. The first-order valence-electron chi connectivity index (χ1n) is 8.10. The zero-order valence-corrected chi connectivity index (χ0v) is 13.8. The average Bonchev–Trinajstić information content (AvgIpc) is 2.72. The first-order chi connectivity index (χ1) is 12.8. The molecule has 0 radical (unpaired) electrons. The Kier molecular flexibility index (Phi) is 4.22. The van der Waals surface area contributed by atoms with E-state index in [1.807, 2.05) is 54.6 Å². The SMILES string of the molecule is O=C(NNc1ncccn1)c1cc(-c2ccccc2)nc2ccccc12. The molecule has 2 aromatic carbocycles. The highest BCUT2D eigenvalue weighted by Crippen LogP contribution is 2.24. The van der Waals surface area contributed by atoms with Gasteiger partial charge in [0, 0.05) is 23.3 Å². The van der Waals surface area contributed by atoms with E-state index in [1.54, 1.807) is 24.5 Å². The van der Waals surface area contributed by atoms with E-state index in [9.17, 15) is 4.79 Å². The molecule has 2 heterocycles. The lowest BCUT2D eigenvalue weighted by molar-refractivity contribution is 0.0964. The third-order valence-electron chi connectivity index (χ3n) is 3.88. The maximum absolute atomic E-state index is 12.8. The minimum atomic E-state index is -0.284. The molecule has 0 aliphatic carbocycles. The van der Waals surface area contributed by atoms with E-state index >= 15 is 0 Å². The van der Waals surface area contributed by atoms with Gasteiger partial charge in [-0.05, 0) is 18.2 Å². The van der Waals surface area contributed by atoms with Crippen LogP contribution in [0.1, 0.15) is 10.4 Å². The molecule has 6 heteroatoms. The maximum Gasteiger partial charge on any atom is 0.270 e. The highest BCUT2D eigenvalue weighted by Gasteiger charge is 2.14. The predicted molar refractivity (Wildman–Crippen MR) is 100 cm³/mol. The number of anilines is 1. The first-order valence-corrected chi connectivity index (χ1v) is 8.10. The van der Waals surface area contributed by atoms with Crippen LogP contribution in [-0.2, 0) is 0 Å². The van der Waals surface area contributed by atoms with Crippen molar-refractivity contribution >= 4 is 22.8 Å². The smallest absolute Gasteiger partial charge is 0.267 e. The minimum absolute atomic E-state index is 0.284. The Balaban J connectivity index is 1.72. The topological polar surface area (TPSA) is 79.8 Å². The van der Waals surface area contributed by atoms with Gasteiger partial charge in [-0.3, -0.25) is 15.6 Å². The Bertz CT molecular complexity index is 1050. The Morgan fingerprint density at radius 2 is 1.58 bits per heavy atom. The summed E-state index contributed by atoms with van der Waals surface area (Å²) in [6.45, 7) is 0. The van der Waals surface area contributed by atoms with Gasteiger partial charge >= 0.3 is 0 Å². The number of benzene rings is 2. The van der Waals surface area contributed by atoms with E-state index in [-0.39, 0.29) is 5.91 Å². The van der Waals surface area contributed by atoms with Gasteiger partial charge in [-0.1, -0.05) is 48.5 Å². The number of nitrogens with one attached hydrogen (secondary N) is 2. The molecule has 0 saturated carbocycles. The highest BCUT2D eigenvalue weighted by atomic mass is 16.2. The van der Waals surface area contributed by atoms with Gasteiger partial charge in [-0.2, -0.15) is 0 Å². The molecule has 1 amide bonds. The third kappa shape index (κ3) is 3.21. The zero-order valence-electron chi connectivity index (χ0n) is 13.8. The van der Waals surface area contributed by atoms with Gasteiger partial charge < -0.3 is 0 Å². The predicted octanol–water partition coefficient (Wildman–Crippen LogP) is 3.45. The molecule has 126 valence electrons. The summed E-state index contributed by atoms with van der Waals surface area (Å²) < 4.78 is 0. The molecule has 4 rings (SSSR count). The normalized spacial score (nSPS) is 10.5. The standard InChI is InChI=1S/C20H15N5O/c26-19(24-25-20-21-11-6-12-22-20)16-13-18(14-7-2-1-3-8-14)23-17-10-5-4-9-15(16)17/h1-13H,(H,24,26)(H,21,22,25). The summed E-state index contributed by atoms with van der Waals surface area (Å²) >= 11 is 0. The second kappa shape index (κ2) is 6.98. The molecular weight excluding hydrogens is 326 g/mol. The van der Waals surface area contributed by atoms with Crippen molar-refractivity contribution in [3.05, 3.63) is 84.7 Å². The number of carbonyl (C=O) groups excluding carboxylic acids is 1. The van der Waals surface area contributed by atoms with Crippen LogP contribution in [0.25, 0.3) is 22.2 Å². The highest BCUT2D eigenvalue weighted by molar-refractivity contribution is 6.07. The van der Waals surface area contributed by atoms with Crippen molar-refractivity contribution in [1.82, 2.24) is 20.4 Å². The van der Waals surface area contributed by atoms with Crippen LogP contribution in [0, 0.1) is 0 Å². The van der Waals surface area contributed by atoms with Gasteiger partial charge in [0.1, 0.15) is 0 Å². The van der Waals surface area contributed by atoms with Crippen molar-refractivity contribution in [2.24, 2.45) is 0 Å². The maximum atomic E-state index is 12.8. The molecule has 2 aromatic heterocycles. The number of hydrogen-bond donors (Lipinski definition) is 2. The van der Waals surface area contributed by atoms with Crippen molar-refractivity contribution in [2.45, 2.75) is 0 Å². The molecule has 0 bridgehead atoms. The number of carbonyl (C=O) groups is 1.